The van der Waals surface area contributed by atoms with Crippen LogP contribution in [0, 0.1) is 6.07 Å². The molecule has 19 rings (SSSR count). The molecule has 132 heavy (non-hydrogen) atoms. The summed E-state index contributed by atoms with van der Waals surface area (Å²) in [6.07, 6.45) is 21.9. The van der Waals surface area contributed by atoms with Crippen LogP contribution in [-0.2, 0) is 81.7 Å². The van der Waals surface area contributed by atoms with E-state index in [4.69, 9.17) is 58.0 Å². The van der Waals surface area contributed by atoms with Crippen molar-refractivity contribution in [1.29, 1.82) is 0 Å². The van der Waals surface area contributed by atoms with Crippen molar-refractivity contribution < 1.29 is 56.0 Å². The predicted octanol–water partition coefficient (Wildman–Crippen LogP) is 25.2. The van der Waals surface area contributed by atoms with Crippen molar-refractivity contribution in [2.24, 2.45) is 0 Å². The first kappa shape index (κ1) is 106. The zero-order chi connectivity index (χ0) is 92.6. The number of halogens is 8. The van der Waals surface area contributed by atoms with Crippen molar-refractivity contribution in [3.63, 3.8) is 0 Å². The number of carbonyl (C=O) groups is 6. The molecular weight excluding hydrogens is 2170 g/mol. The minimum absolute atomic E-state index is 0. The van der Waals surface area contributed by atoms with Crippen LogP contribution >= 0.6 is 147 Å². The van der Waals surface area contributed by atoms with E-state index in [-0.39, 0.29) is 74.9 Å². The van der Waals surface area contributed by atoms with E-state index in [0.29, 0.717) is 65.3 Å². The van der Waals surface area contributed by atoms with Gasteiger partial charge >= 0.3 is 113 Å². The number of thiophene rings is 5. The smallest absolute Gasteiger partial charge is 1.00 e. The number of pyridine rings is 4. The Morgan fingerprint density at radius 1 is 0.417 bits per heavy atom. The molecule has 12 nitrogen and oxygen atoms in total. The van der Waals surface area contributed by atoms with Crippen LogP contribution < -0.4 is 20.6 Å². The van der Waals surface area contributed by atoms with Crippen molar-refractivity contribution in [3.05, 3.63) is 361 Å². The molecule has 0 saturated heterocycles. The standard InChI is InChI=1S/C22H18ClNO2S.C22H20ClNO2S.C22H20ClNOS.C14H12BrClOS.C8H7BrOS.C8H8NO.C6H4Cl.3CH3.BrH.Mg.Sn/c1-13(25)10-17-11-15(8-9-24-17)21-12-19-18(6-7-20(26)22(19)27-21)14-2-4-16(23)5-3-14;1-14(25)11-18-12-15(8-10-24-18)21-13-19-20(27-21)3-2-9-22(19,26)16-4-6-17(23)7-5-16;1-14(25)11-18-12-16(9-10-24-18)22-13-20-19(3-2-4-21(20)26-22)15-5-7-17(23)8-6-15;15-13-8-11-12(18-13)2-1-7-14(11,17)9-3-5-10(16)6-4-9;9-8-4-5-6(10)2-1-3-7(5)11-8;1-7(10)6-8-4-2-3-5-9-8;7-6-4-2-1-3-5-6;;;;;;/h2-5,8-9,11-12,18H,6-7,10H2,1H3;4-8,10,12-13,26H,2-3,9,11H2,1H3;5-10,12-13,19H,2-4,11H2,1H3;3-6,8,17H,1-2,7H2;4H,1-3H2;3-5H,6H2,1H3;2-5H;3*1H3;1H;;/q;;;;;;-1;;;;;+2;/p-1. The summed E-state index contributed by atoms with van der Waals surface area (Å²) in [5, 5.41) is 26.2. The quantitative estimate of drug-likeness (QED) is 0.0687. The number of aliphatic hydroxyl groups is 2. The molecule has 0 aliphatic heterocycles. The normalized spacial score (nSPS) is 16.6. The summed E-state index contributed by atoms with van der Waals surface area (Å²) < 4.78 is 3.60. The molecule has 0 fully saturated rings. The molecular formula is C105H98Br3Cl5MgN4O8S5Sn. The van der Waals surface area contributed by atoms with E-state index >= 15 is 0 Å². The SMILES string of the molecule is CC(=O)Cc1c[c]([Sn]([CH3])([CH3])[CH3])ccn1.CC(=O)Cc1cc(-c2cc3c(s2)C(=O)CCC3c2ccc(Cl)cc2)ccn1.CC(=O)Cc1cc(-c2cc3c(s2)CCCC3(O)c2ccc(Cl)cc2)ccn1.CC(=O)Cc1cc(-c2cc3c(s2)CCCC3c2ccc(Cl)cc2)ccn1.Clc1cc[c-]cc1.O=C1CCCc2sc(Br)cc21.OC1(c2ccc(Cl)cc2)CCCc2sc(Br)cc21.[Br-].[Mg+2]. The fourth-order valence-corrected chi connectivity index (χ4v) is 28.0. The van der Waals surface area contributed by atoms with E-state index in [9.17, 15) is 39.0 Å². The topological polar surface area (TPSA) is 194 Å². The number of hydrogen-bond donors (Lipinski definition) is 2. The molecule has 0 spiro atoms. The third-order valence-electron chi connectivity index (χ3n) is 23.0. The molecule has 9 aromatic heterocycles. The molecule has 678 valence electrons. The Hall–Kier alpha value is -6.41. The second-order valence-electron chi connectivity index (χ2n) is 34.0. The first-order valence-corrected chi connectivity index (χ1v) is 60.7. The predicted molar refractivity (Wildman–Crippen MR) is 553 cm³/mol. The summed E-state index contributed by atoms with van der Waals surface area (Å²) in [5.74, 6) is 1.68. The van der Waals surface area contributed by atoms with Gasteiger partial charge in [0.15, 0.2) is 11.6 Å². The fourth-order valence-electron chi connectivity index (χ4n) is 16.7. The van der Waals surface area contributed by atoms with Crippen molar-refractivity contribution in [2.45, 2.75) is 181 Å². The van der Waals surface area contributed by atoms with Gasteiger partial charge in [-0.1, -0.05) is 100.0 Å². The van der Waals surface area contributed by atoms with E-state index in [1.165, 1.54) is 68.8 Å². The van der Waals surface area contributed by atoms with Gasteiger partial charge in [0.25, 0.3) is 0 Å². The summed E-state index contributed by atoms with van der Waals surface area (Å²) in [6.45, 7) is 6.35. The van der Waals surface area contributed by atoms with Crippen LogP contribution in [0.2, 0.25) is 39.9 Å². The third-order valence-corrected chi connectivity index (χ3v) is 37.2. The number of aryl methyl sites for hydroxylation is 4. The van der Waals surface area contributed by atoms with Crippen LogP contribution in [0.15, 0.2) is 233 Å². The number of nitrogens with zero attached hydrogens (tertiary/aromatic N) is 4. The number of benzene rings is 5. The van der Waals surface area contributed by atoms with Gasteiger partial charge in [0, 0.05) is 151 Å². The molecule has 0 saturated carbocycles. The van der Waals surface area contributed by atoms with Gasteiger partial charge in [0.1, 0.15) is 28.6 Å². The summed E-state index contributed by atoms with van der Waals surface area (Å²) in [4.78, 5) is 103. The van der Waals surface area contributed by atoms with E-state index in [1.807, 2.05) is 151 Å². The fraction of sp³-hybridized carbons (Fsp3) is 0.276. The first-order chi connectivity index (χ1) is 62.2. The number of rotatable bonds is 16. The molecule has 14 aromatic rings. The summed E-state index contributed by atoms with van der Waals surface area (Å²) in [5.41, 5.74) is 14.5. The van der Waals surface area contributed by atoms with E-state index in [1.54, 1.807) is 98.4 Å². The third kappa shape index (κ3) is 28.7. The second-order valence-corrected chi connectivity index (χ2v) is 59.0. The molecule has 5 aromatic carbocycles. The average Bonchev–Trinajstić information content (AvgIpc) is 1.57. The number of carbonyl (C=O) groups excluding carboxylic acids is 6. The Balaban J connectivity index is 0.000000153. The first-order valence-electron chi connectivity index (χ1n) is 43.1. The second kappa shape index (κ2) is 49.2. The van der Waals surface area contributed by atoms with E-state index in [0.717, 1.165) is 169 Å². The molecule has 27 heteroatoms. The minimum atomic E-state index is -1.98. The van der Waals surface area contributed by atoms with Crippen LogP contribution in [0.25, 0.3) is 31.3 Å². The maximum atomic E-state index is 12.5. The number of hydrogen-bond acceptors (Lipinski definition) is 17. The number of ketones is 6. The maximum absolute atomic E-state index is 12.5. The molecule has 2 N–H and O–H groups in total. The molecule has 0 amide bonds. The molecule has 5 aliphatic carbocycles. The summed E-state index contributed by atoms with van der Waals surface area (Å²) >= 11 is 43.0. The van der Waals surface area contributed by atoms with Crippen LogP contribution in [-0.4, -0.2) is 106 Å². The van der Waals surface area contributed by atoms with E-state index in [2.05, 4.69) is 121 Å². The number of aromatic nitrogens is 4. The van der Waals surface area contributed by atoms with Gasteiger partial charge in [-0.15, -0.1) is 68.3 Å². The average molecular weight is 2260 g/mol. The Morgan fingerprint density at radius 3 is 1.27 bits per heavy atom. The van der Waals surface area contributed by atoms with Crippen LogP contribution in [0.5, 0.6) is 0 Å². The minimum Gasteiger partial charge on any atom is -1.00 e. The Morgan fingerprint density at radius 2 is 0.803 bits per heavy atom. The Kier molecular flexibility index (Phi) is 39.6. The Bertz CT molecular complexity index is 6370. The maximum Gasteiger partial charge on any atom is 2.00 e. The van der Waals surface area contributed by atoms with Crippen molar-refractivity contribution >= 4 is 226 Å². The van der Waals surface area contributed by atoms with Crippen molar-refractivity contribution in [2.75, 3.05) is 0 Å². The van der Waals surface area contributed by atoms with Crippen molar-refractivity contribution in [3.8, 4) is 31.3 Å². The molecule has 5 aliphatic rings. The van der Waals surface area contributed by atoms with Gasteiger partial charge < -0.3 is 27.2 Å². The monoisotopic (exact) mass is 2260 g/mol. The van der Waals surface area contributed by atoms with Crippen LogP contribution in [0.1, 0.15) is 211 Å². The van der Waals surface area contributed by atoms with Crippen molar-refractivity contribution in [1.82, 2.24) is 19.9 Å². The van der Waals surface area contributed by atoms with Gasteiger partial charge in [-0.25, -0.2) is 0 Å². The van der Waals surface area contributed by atoms with Gasteiger partial charge in [-0.3, -0.25) is 38.9 Å². The largest absolute Gasteiger partial charge is 2.00 e. The van der Waals surface area contributed by atoms with Gasteiger partial charge in [-0.2, -0.15) is 30.3 Å². The van der Waals surface area contributed by atoms with Gasteiger partial charge in [0.05, 0.1) is 12.4 Å². The summed E-state index contributed by atoms with van der Waals surface area (Å²) in [6, 6.07) is 67.8. The number of Topliss-reactive ketones (excluding diaryl/α,β-unsaturated/α-hetero) is 6. The molecule has 0 radical (unpaired) electrons. The molecule has 9 heterocycles. The zero-order valence-electron chi connectivity index (χ0n) is 74.1. The molecule has 0 bridgehead atoms. The van der Waals surface area contributed by atoms with E-state index < -0.39 is 29.6 Å². The van der Waals surface area contributed by atoms with Gasteiger partial charge in [0.2, 0.25) is 0 Å². The summed E-state index contributed by atoms with van der Waals surface area (Å²) in [7, 11) is 0. The molecule has 4 atom stereocenters. The Labute approximate surface area is 865 Å². The van der Waals surface area contributed by atoms with Crippen LogP contribution in [0.4, 0.5) is 0 Å². The van der Waals surface area contributed by atoms with Crippen LogP contribution in [0.3, 0.4) is 0 Å². The molecule has 4 unspecified atom stereocenters. The van der Waals surface area contributed by atoms with Gasteiger partial charge in [-0.05, 0) is 295 Å². The number of fused-ring (bicyclic) bond motifs is 5. The zero-order valence-corrected chi connectivity index (χ0v) is 91.0.